The lowest BCUT2D eigenvalue weighted by Crippen LogP contribution is -2.24. The van der Waals surface area contributed by atoms with Crippen LogP contribution in [0.4, 0.5) is 5.69 Å². The first-order valence-corrected chi connectivity index (χ1v) is 7.27. The van der Waals surface area contributed by atoms with Gasteiger partial charge in [-0.05, 0) is 42.8 Å². The molecule has 0 fully saturated rings. The molecule has 0 spiro atoms. The van der Waals surface area contributed by atoms with Crippen LogP contribution in [0.15, 0.2) is 40.9 Å². The van der Waals surface area contributed by atoms with Gasteiger partial charge in [0.25, 0.3) is 5.91 Å². The number of carbonyl (C=O) groups excluding carboxylic acids is 1. The normalized spacial score (nSPS) is 10.2. The van der Waals surface area contributed by atoms with Crippen molar-refractivity contribution in [1.82, 2.24) is 5.32 Å². The zero-order valence-corrected chi connectivity index (χ0v) is 13.5. The Kier molecular flexibility index (Phi) is 4.85. The monoisotopic (exact) mass is 348 g/mol. The van der Waals surface area contributed by atoms with Crippen molar-refractivity contribution >= 4 is 27.5 Å². The second-order valence-electron chi connectivity index (χ2n) is 4.71. The van der Waals surface area contributed by atoms with E-state index in [1.54, 1.807) is 31.4 Å². The number of ether oxygens (including phenoxy) is 1. The van der Waals surface area contributed by atoms with E-state index in [0.717, 1.165) is 15.6 Å². The maximum Gasteiger partial charge on any atom is 0.251 e. The molecule has 0 atom stereocenters. The maximum atomic E-state index is 12.3. The average molecular weight is 349 g/mol. The van der Waals surface area contributed by atoms with Gasteiger partial charge in [-0.1, -0.05) is 22.0 Å². The molecule has 3 N–H and O–H groups in total. The van der Waals surface area contributed by atoms with Gasteiger partial charge in [0.1, 0.15) is 5.75 Å². The van der Waals surface area contributed by atoms with Crippen molar-refractivity contribution in [2.24, 2.45) is 0 Å². The summed E-state index contributed by atoms with van der Waals surface area (Å²) in [7, 11) is 1.59. The van der Waals surface area contributed by atoms with Crippen LogP contribution in [-0.2, 0) is 6.54 Å². The van der Waals surface area contributed by atoms with Crippen LogP contribution in [0.3, 0.4) is 0 Å². The third kappa shape index (κ3) is 3.76. The van der Waals surface area contributed by atoms with Gasteiger partial charge in [-0.25, -0.2) is 0 Å². The minimum atomic E-state index is -0.127. The highest BCUT2D eigenvalue weighted by molar-refractivity contribution is 9.10. The molecule has 0 saturated carbocycles. The van der Waals surface area contributed by atoms with Gasteiger partial charge in [-0.3, -0.25) is 4.79 Å². The Labute approximate surface area is 132 Å². The number of carbonyl (C=O) groups is 1. The molecular formula is C16H17BrN2O2. The number of rotatable bonds is 4. The lowest BCUT2D eigenvalue weighted by molar-refractivity contribution is 0.0950. The number of nitrogen functional groups attached to an aromatic ring is 1. The summed E-state index contributed by atoms with van der Waals surface area (Å²) < 4.78 is 6.14. The summed E-state index contributed by atoms with van der Waals surface area (Å²) in [4.78, 5) is 12.3. The summed E-state index contributed by atoms with van der Waals surface area (Å²) >= 11 is 3.38. The fourth-order valence-electron chi connectivity index (χ4n) is 2.05. The number of aryl methyl sites for hydroxylation is 1. The maximum absolute atomic E-state index is 12.3. The molecule has 0 unspecified atom stereocenters. The molecule has 2 aromatic carbocycles. The van der Waals surface area contributed by atoms with Gasteiger partial charge in [0.2, 0.25) is 0 Å². The fraction of sp³-hybridized carbons (Fsp3) is 0.188. The Morgan fingerprint density at radius 3 is 2.76 bits per heavy atom. The molecular weight excluding hydrogens is 332 g/mol. The molecule has 5 heteroatoms. The number of methoxy groups -OCH3 is 1. The molecule has 2 aromatic rings. The first kappa shape index (κ1) is 15.4. The van der Waals surface area contributed by atoms with Crippen molar-refractivity contribution in [3.63, 3.8) is 0 Å². The zero-order chi connectivity index (χ0) is 15.4. The van der Waals surface area contributed by atoms with Crippen molar-refractivity contribution in [2.45, 2.75) is 13.5 Å². The molecule has 21 heavy (non-hydrogen) atoms. The van der Waals surface area contributed by atoms with Gasteiger partial charge in [-0.15, -0.1) is 0 Å². The van der Waals surface area contributed by atoms with Gasteiger partial charge >= 0.3 is 0 Å². The van der Waals surface area contributed by atoms with E-state index >= 15 is 0 Å². The van der Waals surface area contributed by atoms with Crippen LogP contribution in [0.5, 0.6) is 5.75 Å². The van der Waals surface area contributed by atoms with E-state index in [1.165, 1.54) is 0 Å². The molecule has 0 aliphatic heterocycles. The Morgan fingerprint density at radius 1 is 1.29 bits per heavy atom. The quantitative estimate of drug-likeness (QED) is 0.833. The van der Waals surface area contributed by atoms with E-state index in [2.05, 4.69) is 21.2 Å². The number of nitrogens with one attached hydrogen (secondary N) is 1. The number of nitrogens with two attached hydrogens (primary N) is 1. The van der Waals surface area contributed by atoms with Crippen LogP contribution in [-0.4, -0.2) is 13.0 Å². The van der Waals surface area contributed by atoms with E-state index in [1.807, 2.05) is 19.1 Å². The number of halogens is 1. The topological polar surface area (TPSA) is 64.3 Å². The minimum Gasteiger partial charge on any atom is -0.496 e. The smallest absolute Gasteiger partial charge is 0.251 e. The van der Waals surface area contributed by atoms with E-state index in [4.69, 9.17) is 10.5 Å². The Hall–Kier alpha value is -2.01. The van der Waals surface area contributed by atoms with Gasteiger partial charge in [0, 0.05) is 27.8 Å². The Balaban J connectivity index is 2.14. The van der Waals surface area contributed by atoms with E-state index in [9.17, 15) is 4.79 Å². The number of anilines is 1. The third-order valence-electron chi connectivity index (χ3n) is 3.19. The molecule has 2 rings (SSSR count). The lowest BCUT2D eigenvalue weighted by Gasteiger charge is -2.12. The molecule has 110 valence electrons. The summed E-state index contributed by atoms with van der Waals surface area (Å²) in [6.45, 7) is 2.27. The SMILES string of the molecule is COc1ccc(N)cc1CNC(=O)c1cc(Br)ccc1C. The van der Waals surface area contributed by atoms with Crippen LogP contribution >= 0.6 is 15.9 Å². The van der Waals surface area contributed by atoms with Crippen molar-refractivity contribution in [1.29, 1.82) is 0 Å². The molecule has 0 aliphatic rings. The first-order chi connectivity index (χ1) is 10.0. The van der Waals surface area contributed by atoms with Crippen LogP contribution < -0.4 is 15.8 Å². The molecule has 4 nitrogen and oxygen atoms in total. The highest BCUT2D eigenvalue weighted by Crippen LogP contribution is 2.21. The summed E-state index contributed by atoms with van der Waals surface area (Å²) in [6.07, 6.45) is 0. The standard InChI is InChI=1S/C16H17BrN2O2/c1-10-3-4-12(17)8-14(10)16(20)19-9-11-7-13(18)5-6-15(11)21-2/h3-8H,9,18H2,1-2H3,(H,19,20). The third-order valence-corrected chi connectivity index (χ3v) is 3.68. The number of hydrogen-bond acceptors (Lipinski definition) is 3. The van der Waals surface area contributed by atoms with Crippen molar-refractivity contribution in [3.05, 3.63) is 57.6 Å². The van der Waals surface area contributed by atoms with Crippen molar-refractivity contribution in [2.75, 3.05) is 12.8 Å². The number of benzene rings is 2. The fourth-order valence-corrected chi connectivity index (χ4v) is 2.41. The van der Waals surface area contributed by atoms with Gasteiger partial charge in [0.15, 0.2) is 0 Å². The minimum absolute atomic E-state index is 0.127. The second-order valence-corrected chi connectivity index (χ2v) is 5.63. The van der Waals surface area contributed by atoms with Crippen LogP contribution in [0.2, 0.25) is 0 Å². The molecule has 0 aromatic heterocycles. The van der Waals surface area contributed by atoms with Crippen LogP contribution in [0.1, 0.15) is 21.5 Å². The average Bonchev–Trinajstić information content (AvgIpc) is 2.47. The van der Waals surface area contributed by atoms with Gasteiger partial charge < -0.3 is 15.8 Å². The van der Waals surface area contributed by atoms with Crippen molar-refractivity contribution < 1.29 is 9.53 Å². The molecule has 0 bridgehead atoms. The van der Waals surface area contributed by atoms with Crippen LogP contribution in [0.25, 0.3) is 0 Å². The van der Waals surface area contributed by atoms with Crippen LogP contribution in [0, 0.1) is 6.92 Å². The predicted molar refractivity (Wildman–Crippen MR) is 87.5 cm³/mol. The van der Waals surface area contributed by atoms with E-state index in [0.29, 0.717) is 23.5 Å². The number of amides is 1. The van der Waals surface area contributed by atoms with E-state index < -0.39 is 0 Å². The lowest BCUT2D eigenvalue weighted by atomic mass is 10.1. The molecule has 0 radical (unpaired) electrons. The second kappa shape index (κ2) is 6.63. The van der Waals surface area contributed by atoms with Crippen molar-refractivity contribution in [3.8, 4) is 5.75 Å². The molecule has 0 aliphatic carbocycles. The largest absolute Gasteiger partial charge is 0.496 e. The summed E-state index contributed by atoms with van der Waals surface area (Å²) in [5.74, 6) is 0.578. The van der Waals surface area contributed by atoms with Gasteiger partial charge in [-0.2, -0.15) is 0 Å². The zero-order valence-electron chi connectivity index (χ0n) is 11.9. The van der Waals surface area contributed by atoms with Gasteiger partial charge in [0.05, 0.1) is 7.11 Å². The number of hydrogen-bond donors (Lipinski definition) is 2. The predicted octanol–water partition coefficient (Wildman–Crippen LogP) is 3.28. The summed E-state index contributed by atoms with van der Waals surface area (Å²) in [5.41, 5.74) is 8.82. The Morgan fingerprint density at radius 2 is 2.05 bits per heavy atom. The summed E-state index contributed by atoms with van der Waals surface area (Å²) in [6, 6.07) is 11.0. The molecule has 0 saturated heterocycles. The molecule has 1 amide bonds. The first-order valence-electron chi connectivity index (χ1n) is 6.48. The Bertz CT molecular complexity index is 671. The highest BCUT2D eigenvalue weighted by Gasteiger charge is 2.11. The highest BCUT2D eigenvalue weighted by atomic mass is 79.9. The summed E-state index contributed by atoms with van der Waals surface area (Å²) in [5, 5.41) is 2.89. The molecule has 0 heterocycles. The van der Waals surface area contributed by atoms with E-state index in [-0.39, 0.29) is 5.91 Å².